The highest BCUT2D eigenvalue weighted by molar-refractivity contribution is 6.31. The molecule has 1 saturated heterocycles. The van der Waals surface area contributed by atoms with Crippen molar-refractivity contribution in [1.82, 2.24) is 15.1 Å². The van der Waals surface area contributed by atoms with Crippen LogP contribution in [0.4, 0.5) is 5.69 Å². The lowest BCUT2D eigenvalue weighted by Crippen LogP contribution is -2.51. The number of benzene rings is 1. The zero-order chi connectivity index (χ0) is 19.8. The van der Waals surface area contributed by atoms with Crippen LogP contribution in [0.2, 0.25) is 5.02 Å². The second-order valence-electron chi connectivity index (χ2n) is 6.18. The highest BCUT2D eigenvalue weighted by Gasteiger charge is 2.28. The average molecular weight is 399 g/mol. The van der Waals surface area contributed by atoms with Crippen LogP contribution in [-0.2, 0) is 9.53 Å². The van der Waals surface area contributed by atoms with E-state index in [1.54, 1.807) is 12.0 Å². The van der Waals surface area contributed by atoms with Crippen molar-refractivity contribution in [2.45, 2.75) is 6.42 Å². The van der Waals surface area contributed by atoms with E-state index in [0.29, 0.717) is 39.3 Å². The summed E-state index contributed by atoms with van der Waals surface area (Å²) in [6.45, 7) is 3.27. The molecule has 1 N–H and O–H groups in total. The van der Waals surface area contributed by atoms with Crippen molar-refractivity contribution in [3.8, 4) is 0 Å². The molecule has 1 aromatic carbocycles. The third-order valence-electron chi connectivity index (χ3n) is 4.26. The number of methoxy groups -OCH3 is 1. The summed E-state index contributed by atoms with van der Waals surface area (Å²) in [4.78, 5) is 38.6. The topological polar surface area (TPSA) is 105 Å². The van der Waals surface area contributed by atoms with Gasteiger partial charge in [0.25, 0.3) is 11.6 Å². The van der Waals surface area contributed by atoms with Crippen LogP contribution in [0.3, 0.4) is 0 Å². The van der Waals surface area contributed by atoms with Gasteiger partial charge in [0.15, 0.2) is 0 Å². The van der Waals surface area contributed by atoms with Gasteiger partial charge in [0.05, 0.1) is 11.5 Å². The minimum Gasteiger partial charge on any atom is -0.385 e. The highest BCUT2D eigenvalue weighted by Crippen LogP contribution is 2.24. The molecule has 0 spiro atoms. The van der Waals surface area contributed by atoms with Gasteiger partial charge in [0.2, 0.25) is 5.91 Å². The Morgan fingerprint density at radius 2 is 2.00 bits per heavy atom. The minimum absolute atomic E-state index is 0.0220. The first kappa shape index (κ1) is 21.1. The van der Waals surface area contributed by atoms with Crippen LogP contribution in [0.1, 0.15) is 16.8 Å². The Bertz CT molecular complexity index is 692. The smallest absolute Gasteiger partial charge is 0.283 e. The van der Waals surface area contributed by atoms with Gasteiger partial charge in [-0.3, -0.25) is 24.6 Å². The maximum Gasteiger partial charge on any atom is 0.283 e. The molecule has 1 aromatic rings. The summed E-state index contributed by atoms with van der Waals surface area (Å²) in [5, 5.41) is 14.2. The molecule has 1 aliphatic heterocycles. The Morgan fingerprint density at radius 3 is 2.63 bits per heavy atom. The van der Waals surface area contributed by atoms with Crippen molar-refractivity contribution < 1.29 is 19.2 Å². The summed E-state index contributed by atoms with van der Waals surface area (Å²) in [6, 6.07) is 4.02. The normalized spacial score (nSPS) is 14.8. The SMILES string of the molecule is COCCCNC(=O)CN1CCN(C(=O)c2ccc(Cl)cc2[N+](=O)[O-])CC1. The maximum absolute atomic E-state index is 12.6. The molecular weight excluding hydrogens is 376 g/mol. The van der Waals surface area contributed by atoms with Gasteiger partial charge < -0.3 is 15.0 Å². The van der Waals surface area contributed by atoms with Crippen LogP contribution in [0.5, 0.6) is 0 Å². The number of rotatable bonds is 8. The Kier molecular flexibility index (Phi) is 7.96. The summed E-state index contributed by atoms with van der Waals surface area (Å²) in [6.07, 6.45) is 0.754. The molecule has 2 rings (SSSR count). The average Bonchev–Trinajstić information content (AvgIpc) is 2.65. The van der Waals surface area contributed by atoms with Crippen molar-refractivity contribution in [3.05, 3.63) is 38.9 Å². The quantitative estimate of drug-likeness (QED) is 0.400. The first-order chi connectivity index (χ1) is 12.9. The van der Waals surface area contributed by atoms with E-state index in [-0.39, 0.29) is 28.7 Å². The Morgan fingerprint density at radius 1 is 1.30 bits per heavy atom. The number of nitro benzene ring substituents is 1. The Hall–Kier alpha value is -2.23. The number of carbonyl (C=O) groups is 2. The monoisotopic (exact) mass is 398 g/mol. The lowest BCUT2D eigenvalue weighted by Gasteiger charge is -2.34. The van der Waals surface area contributed by atoms with Crippen LogP contribution >= 0.6 is 11.6 Å². The van der Waals surface area contributed by atoms with E-state index in [0.717, 1.165) is 6.42 Å². The van der Waals surface area contributed by atoms with Crippen LogP contribution in [0.15, 0.2) is 18.2 Å². The highest BCUT2D eigenvalue weighted by atomic mass is 35.5. The van der Waals surface area contributed by atoms with Gasteiger partial charge in [0.1, 0.15) is 5.56 Å². The lowest BCUT2D eigenvalue weighted by molar-refractivity contribution is -0.385. The van der Waals surface area contributed by atoms with Gasteiger partial charge >= 0.3 is 0 Å². The van der Waals surface area contributed by atoms with Crippen molar-refractivity contribution in [3.63, 3.8) is 0 Å². The number of hydrogen-bond donors (Lipinski definition) is 1. The second-order valence-corrected chi connectivity index (χ2v) is 6.62. The van der Waals surface area contributed by atoms with Crippen molar-refractivity contribution in [2.75, 3.05) is 53.0 Å². The molecule has 1 fully saturated rings. The number of halogens is 1. The van der Waals surface area contributed by atoms with Gasteiger partial charge in [-0.1, -0.05) is 11.6 Å². The van der Waals surface area contributed by atoms with Gasteiger partial charge in [-0.25, -0.2) is 0 Å². The van der Waals surface area contributed by atoms with Gasteiger partial charge in [0, 0.05) is 57.5 Å². The molecule has 1 aliphatic rings. The van der Waals surface area contributed by atoms with Crippen LogP contribution in [0, 0.1) is 10.1 Å². The van der Waals surface area contributed by atoms with Crippen LogP contribution < -0.4 is 5.32 Å². The fourth-order valence-electron chi connectivity index (χ4n) is 2.82. The predicted molar refractivity (Wildman–Crippen MR) is 100.0 cm³/mol. The number of nitrogens with one attached hydrogen (secondary N) is 1. The molecule has 27 heavy (non-hydrogen) atoms. The molecule has 0 unspecified atom stereocenters. The first-order valence-electron chi connectivity index (χ1n) is 8.63. The largest absolute Gasteiger partial charge is 0.385 e. The molecular formula is C17H23ClN4O5. The number of amides is 2. The van der Waals surface area contributed by atoms with Crippen molar-refractivity contribution in [2.24, 2.45) is 0 Å². The summed E-state index contributed by atoms with van der Waals surface area (Å²) in [5.41, 5.74) is -0.279. The molecule has 10 heteroatoms. The number of nitrogens with zero attached hydrogens (tertiary/aromatic N) is 3. The fraction of sp³-hybridized carbons (Fsp3) is 0.529. The predicted octanol–water partition coefficient (Wildman–Crippen LogP) is 1.16. The van der Waals surface area contributed by atoms with Gasteiger partial charge in [-0.2, -0.15) is 0 Å². The number of ether oxygens (including phenoxy) is 1. The van der Waals surface area contributed by atoms with E-state index in [4.69, 9.17) is 16.3 Å². The van der Waals surface area contributed by atoms with Crippen LogP contribution in [0.25, 0.3) is 0 Å². The van der Waals surface area contributed by atoms with E-state index < -0.39 is 10.8 Å². The molecule has 9 nitrogen and oxygen atoms in total. The zero-order valence-corrected chi connectivity index (χ0v) is 15.9. The van der Waals surface area contributed by atoms with Crippen molar-refractivity contribution >= 4 is 29.1 Å². The molecule has 0 aromatic heterocycles. The number of carbonyl (C=O) groups excluding carboxylic acids is 2. The first-order valence-corrected chi connectivity index (χ1v) is 9.01. The van der Waals surface area contributed by atoms with E-state index in [1.165, 1.54) is 18.2 Å². The zero-order valence-electron chi connectivity index (χ0n) is 15.1. The van der Waals surface area contributed by atoms with Gasteiger partial charge in [-0.05, 0) is 18.6 Å². The third-order valence-corrected chi connectivity index (χ3v) is 4.50. The standard InChI is InChI=1S/C17H23ClN4O5/c1-27-10-2-5-19-16(23)12-20-6-8-21(9-7-20)17(24)14-4-3-13(18)11-15(14)22(25)26/h3-4,11H,2,5-10,12H2,1H3,(H,19,23). The lowest BCUT2D eigenvalue weighted by atomic mass is 10.1. The number of nitro groups is 1. The second kappa shape index (κ2) is 10.2. The summed E-state index contributed by atoms with van der Waals surface area (Å²) in [7, 11) is 1.61. The van der Waals surface area contributed by atoms with Crippen LogP contribution in [-0.4, -0.2) is 79.5 Å². The maximum atomic E-state index is 12.6. The number of hydrogen-bond acceptors (Lipinski definition) is 6. The van der Waals surface area contributed by atoms with E-state index in [1.807, 2.05) is 4.90 Å². The molecule has 148 valence electrons. The molecule has 0 radical (unpaired) electrons. The Balaban J connectivity index is 1.86. The fourth-order valence-corrected chi connectivity index (χ4v) is 2.99. The van der Waals surface area contributed by atoms with Gasteiger partial charge in [-0.15, -0.1) is 0 Å². The minimum atomic E-state index is -0.608. The third kappa shape index (κ3) is 6.16. The van der Waals surface area contributed by atoms with E-state index in [2.05, 4.69) is 5.32 Å². The molecule has 2 amide bonds. The molecule has 0 saturated carbocycles. The number of piperazine rings is 1. The summed E-state index contributed by atoms with van der Waals surface area (Å²) >= 11 is 5.79. The Labute approximate surface area is 162 Å². The van der Waals surface area contributed by atoms with Crippen molar-refractivity contribution in [1.29, 1.82) is 0 Å². The summed E-state index contributed by atoms with van der Waals surface area (Å²) < 4.78 is 4.93. The molecule has 1 heterocycles. The molecule has 0 bridgehead atoms. The van der Waals surface area contributed by atoms with E-state index >= 15 is 0 Å². The molecule has 0 aliphatic carbocycles. The van der Waals surface area contributed by atoms with E-state index in [9.17, 15) is 19.7 Å². The summed E-state index contributed by atoms with van der Waals surface area (Å²) in [5.74, 6) is -0.471. The molecule has 0 atom stereocenters.